The Hall–Kier alpha value is -1.55. The normalized spacial score (nSPS) is 19.3. The molecule has 0 saturated carbocycles. The first-order valence-electron chi connectivity index (χ1n) is 6.78. The van der Waals surface area contributed by atoms with Crippen molar-refractivity contribution in [3.05, 3.63) is 29.8 Å². The van der Waals surface area contributed by atoms with Crippen molar-refractivity contribution in [3.8, 4) is 5.75 Å². The van der Waals surface area contributed by atoms with Crippen LogP contribution in [-0.4, -0.2) is 37.6 Å². The van der Waals surface area contributed by atoms with Gasteiger partial charge in [-0.25, -0.2) is 0 Å². The Kier molecular flexibility index (Phi) is 4.80. The number of benzene rings is 1. The van der Waals surface area contributed by atoms with E-state index in [1.165, 1.54) is 0 Å². The number of carbonyl (C=O) groups is 1. The van der Waals surface area contributed by atoms with Gasteiger partial charge >= 0.3 is 0 Å². The lowest BCUT2D eigenvalue weighted by Crippen LogP contribution is -2.42. The van der Waals surface area contributed by atoms with Crippen LogP contribution in [0.5, 0.6) is 5.75 Å². The SMILES string of the molecule is CCCC(=O)N1CCOC(c2ccc(OC)cc2)C1. The maximum atomic E-state index is 11.9. The van der Waals surface area contributed by atoms with E-state index >= 15 is 0 Å². The van der Waals surface area contributed by atoms with Crippen molar-refractivity contribution in [1.82, 2.24) is 4.90 Å². The fourth-order valence-electron chi connectivity index (χ4n) is 2.27. The number of ether oxygens (including phenoxy) is 2. The van der Waals surface area contributed by atoms with Crippen molar-refractivity contribution in [2.45, 2.75) is 25.9 Å². The van der Waals surface area contributed by atoms with Gasteiger partial charge in [-0.3, -0.25) is 4.79 Å². The van der Waals surface area contributed by atoms with Crippen molar-refractivity contribution in [2.24, 2.45) is 0 Å². The summed E-state index contributed by atoms with van der Waals surface area (Å²) < 4.78 is 10.9. The van der Waals surface area contributed by atoms with Gasteiger partial charge in [0.1, 0.15) is 11.9 Å². The number of rotatable bonds is 4. The van der Waals surface area contributed by atoms with E-state index in [4.69, 9.17) is 9.47 Å². The van der Waals surface area contributed by atoms with Crippen molar-refractivity contribution in [1.29, 1.82) is 0 Å². The number of hydrogen-bond acceptors (Lipinski definition) is 3. The summed E-state index contributed by atoms with van der Waals surface area (Å²) >= 11 is 0. The number of morpholine rings is 1. The van der Waals surface area contributed by atoms with Crippen LogP contribution in [0.3, 0.4) is 0 Å². The van der Waals surface area contributed by atoms with Gasteiger partial charge in [-0.2, -0.15) is 0 Å². The van der Waals surface area contributed by atoms with E-state index in [0.717, 1.165) is 17.7 Å². The highest BCUT2D eigenvalue weighted by Gasteiger charge is 2.24. The smallest absolute Gasteiger partial charge is 0.222 e. The minimum absolute atomic E-state index is 0.0273. The summed E-state index contributed by atoms with van der Waals surface area (Å²) in [6, 6.07) is 7.84. The predicted octanol–water partition coefficient (Wildman–Crippen LogP) is 2.40. The Labute approximate surface area is 114 Å². The second-order valence-electron chi connectivity index (χ2n) is 4.72. The molecule has 1 aromatic carbocycles. The van der Waals surface area contributed by atoms with Crippen LogP contribution in [-0.2, 0) is 9.53 Å². The molecule has 0 aliphatic carbocycles. The molecule has 1 amide bonds. The molecule has 0 aromatic heterocycles. The summed E-state index contributed by atoms with van der Waals surface area (Å²) in [6.07, 6.45) is 1.49. The molecular formula is C15H21NO3. The first kappa shape index (κ1) is 13.9. The van der Waals surface area contributed by atoms with E-state index in [-0.39, 0.29) is 12.0 Å². The standard InChI is InChI=1S/C15H21NO3/c1-3-4-15(17)16-9-10-19-14(11-16)12-5-7-13(18-2)8-6-12/h5-8,14H,3-4,9-11H2,1-2H3. The molecule has 1 unspecified atom stereocenters. The van der Waals surface area contributed by atoms with Crippen molar-refractivity contribution in [2.75, 3.05) is 26.8 Å². The van der Waals surface area contributed by atoms with E-state index in [2.05, 4.69) is 0 Å². The van der Waals surface area contributed by atoms with Gasteiger partial charge in [0.15, 0.2) is 0 Å². The van der Waals surface area contributed by atoms with Gasteiger partial charge in [0, 0.05) is 13.0 Å². The highest BCUT2D eigenvalue weighted by atomic mass is 16.5. The lowest BCUT2D eigenvalue weighted by atomic mass is 10.1. The highest BCUT2D eigenvalue weighted by molar-refractivity contribution is 5.76. The van der Waals surface area contributed by atoms with Crippen LogP contribution in [0, 0.1) is 0 Å². The third-order valence-corrected chi connectivity index (χ3v) is 3.37. The summed E-state index contributed by atoms with van der Waals surface area (Å²) in [5.41, 5.74) is 1.09. The minimum Gasteiger partial charge on any atom is -0.497 e. The second-order valence-corrected chi connectivity index (χ2v) is 4.72. The Morgan fingerprint density at radius 3 is 2.79 bits per heavy atom. The van der Waals surface area contributed by atoms with Crippen LogP contribution in [0.4, 0.5) is 0 Å². The van der Waals surface area contributed by atoms with Crippen LogP contribution < -0.4 is 4.74 Å². The summed E-state index contributed by atoms with van der Waals surface area (Å²) in [5, 5.41) is 0. The fraction of sp³-hybridized carbons (Fsp3) is 0.533. The van der Waals surface area contributed by atoms with Gasteiger partial charge in [0.05, 0.1) is 20.3 Å². The van der Waals surface area contributed by atoms with Gasteiger partial charge in [-0.1, -0.05) is 19.1 Å². The van der Waals surface area contributed by atoms with E-state index in [1.807, 2.05) is 36.1 Å². The fourth-order valence-corrected chi connectivity index (χ4v) is 2.27. The third-order valence-electron chi connectivity index (χ3n) is 3.37. The molecule has 1 saturated heterocycles. The molecule has 0 N–H and O–H groups in total. The first-order chi connectivity index (χ1) is 9.24. The lowest BCUT2D eigenvalue weighted by Gasteiger charge is -2.33. The summed E-state index contributed by atoms with van der Waals surface area (Å²) in [6.45, 7) is 3.97. The molecule has 4 nitrogen and oxygen atoms in total. The Balaban J connectivity index is 2.01. The van der Waals surface area contributed by atoms with Gasteiger partial charge in [0.2, 0.25) is 5.91 Å². The zero-order valence-electron chi connectivity index (χ0n) is 11.6. The maximum absolute atomic E-state index is 11.9. The quantitative estimate of drug-likeness (QED) is 0.837. The third kappa shape index (κ3) is 3.47. The van der Waals surface area contributed by atoms with Gasteiger partial charge in [-0.05, 0) is 24.1 Å². The monoisotopic (exact) mass is 263 g/mol. The summed E-state index contributed by atoms with van der Waals surface area (Å²) in [7, 11) is 1.65. The molecule has 1 fully saturated rings. The largest absolute Gasteiger partial charge is 0.497 e. The van der Waals surface area contributed by atoms with Crippen LogP contribution in [0.1, 0.15) is 31.4 Å². The minimum atomic E-state index is -0.0273. The van der Waals surface area contributed by atoms with Crippen molar-refractivity contribution >= 4 is 5.91 Å². The number of carbonyl (C=O) groups excluding carboxylic acids is 1. The molecule has 104 valence electrons. The average Bonchev–Trinajstić information content (AvgIpc) is 2.48. The Bertz CT molecular complexity index is 416. The summed E-state index contributed by atoms with van der Waals surface area (Å²) in [5.74, 6) is 1.06. The molecule has 19 heavy (non-hydrogen) atoms. The molecule has 1 heterocycles. The van der Waals surface area contributed by atoms with Crippen LogP contribution >= 0.6 is 0 Å². The Morgan fingerprint density at radius 1 is 1.42 bits per heavy atom. The molecule has 1 aromatic rings. The van der Waals surface area contributed by atoms with Crippen molar-refractivity contribution in [3.63, 3.8) is 0 Å². The Morgan fingerprint density at radius 2 is 2.16 bits per heavy atom. The van der Waals surface area contributed by atoms with E-state index < -0.39 is 0 Å². The summed E-state index contributed by atoms with van der Waals surface area (Å²) in [4.78, 5) is 13.8. The number of methoxy groups -OCH3 is 1. The number of amides is 1. The van der Waals surface area contributed by atoms with E-state index in [0.29, 0.717) is 26.1 Å². The zero-order chi connectivity index (χ0) is 13.7. The zero-order valence-corrected chi connectivity index (χ0v) is 11.6. The lowest BCUT2D eigenvalue weighted by molar-refractivity contribution is -0.139. The number of nitrogens with zero attached hydrogens (tertiary/aromatic N) is 1. The van der Waals surface area contributed by atoms with Crippen molar-refractivity contribution < 1.29 is 14.3 Å². The molecule has 2 rings (SSSR count). The molecular weight excluding hydrogens is 242 g/mol. The second kappa shape index (κ2) is 6.57. The average molecular weight is 263 g/mol. The molecule has 1 atom stereocenters. The van der Waals surface area contributed by atoms with E-state index in [1.54, 1.807) is 7.11 Å². The topological polar surface area (TPSA) is 38.8 Å². The van der Waals surface area contributed by atoms with Crippen LogP contribution in [0.15, 0.2) is 24.3 Å². The van der Waals surface area contributed by atoms with Crippen LogP contribution in [0.2, 0.25) is 0 Å². The van der Waals surface area contributed by atoms with Gasteiger partial charge in [0.25, 0.3) is 0 Å². The van der Waals surface area contributed by atoms with Gasteiger partial charge in [-0.15, -0.1) is 0 Å². The van der Waals surface area contributed by atoms with Gasteiger partial charge < -0.3 is 14.4 Å². The maximum Gasteiger partial charge on any atom is 0.222 e. The predicted molar refractivity (Wildman–Crippen MR) is 73.2 cm³/mol. The number of hydrogen-bond donors (Lipinski definition) is 0. The molecule has 0 bridgehead atoms. The first-order valence-corrected chi connectivity index (χ1v) is 6.78. The molecule has 0 radical (unpaired) electrons. The molecule has 1 aliphatic heterocycles. The van der Waals surface area contributed by atoms with Crippen LogP contribution in [0.25, 0.3) is 0 Å². The van der Waals surface area contributed by atoms with E-state index in [9.17, 15) is 4.79 Å². The molecule has 4 heteroatoms. The molecule has 1 aliphatic rings. The molecule has 0 spiro atoms. The highest BCUT2D eigenvalue weighted by Crippen LogP contribution is 2.24.